The molecule has 0 aromatic rings. The lowest BCUT2D eigenvalue weighted by Gasteiger charge is -2.35. The molecule has 0 aliphatic heterocycles. The summed E-state index contributed by atoms with van der Waals surface area (Å²) in [5.41, 5.74) is 0. The molecule has 62 valence electrons. The van der Waals surface area contributed by atoms with Gasteiger partial charge >= 0.3 is 0 Å². The van der Waals surface area contributed by atoms with Crippen LogP contribution in [0, 0.1) is 23.7 Å². The third-order valence-electron chi connectivity index (χ3n) is 4.55. The lowest BCUT2D eigenvalue weighted by Crippen LogP contribution is -2.25. The minimum absolute atomic E-state index is 1.17. The quantitative estimate of drug-likeness (QED) is 0.497. The van der Waals surface area contributed by atoms with Crippen molar-refractivity contribution in [2.75, 3.05) is 0 Å². The third-order valence-corrected chi connectivity index (χ3v) is 4.55. The van der Waals surface area contributed by atoms with Crippen molar-refractivity contribution in [2.45, 2.75) is 44.9 Å². The first-order valence-corrected chi connectivity index (χ1v) is 5.43. The Morgan fingerprint density at radius 1 is 0.727 bits per heavy atom. The van der Waals surface area contributed by atoms with Crippen LogP contribution in [0.15, 0.2) is 0 Å². The topological polar surface area (TPSA) is 0 Å². The van der Waals surface area contributed by atoms with Gasteiger partial charge in [0.1, 0.15) is 0 Å². The number of hydrogen-bond acceptors (Lipinski definition) is 0. The van der Waals surface area contributed by atoms with Gasteiger partial charge in [-0.3, -0.25) is 0 Å². The van der Waals surface area contributed by atoms with Crippen LogP contribution in [0.3, 0.4) is 0 Å². The molecule has 0 saturated heterocycles. The second-order valence-electron chi connectivity index (χ2n) is 5.03. The largest absolute Gasteiger partial charge is 0.0528 e. The molecule has 11 heavy (non-hydrogen) atoms. The highest BCUT2D eigenvalue weighted by molar-refractivity contribution is 4.94. The maximum atomic E-state index is 1.62. The van der Waals surface area contributed by atoms with Crippen molar-refractivity contribution in [1.29, 1.82) is 0 Å². The molecule has 4 atom stereocenters. The molecule has 0 nitrogen and oxygen atoms in total. The molecular weight excluding hydrogens is 132 g/mol. The molecule has 0 N–H and O–H groups in total. The molecule has 0 heteroatoms. The van der Waals surface area contributed by atoms with Crippen molar-refractivity contribution in [2.24, 2.45) is 23.7 Å². The van der Waals surface area contributed by atoms with Gasteiger partial charge in [0, 0.05) is 0 Å². The summed E-state index contributed by atoms with van der Waals surface area (Å²) in [5, 5.41) is 0. The maximum Gasteiger partial charge on any atom is -0.0355 e. The van der Waals surface area contributed by atoms with E-state index in [1.54, 1.807) is 44.9 Å². The second kappa shape index (κ2) is 2.24. The summed E-state index contributed by atoms with van der Waals surface area (Å²) in [7, 11) is 0. The Balaban J connectivity index is 1.88. The molecule has 3 aliphatic rings. The van der Waals surface area contributed by atoms with E-state index in [2.05, 4.69) is 0 Å². The zero-order valence-electron chi connectivity index (χ0n) is 7.26. The summed E-state index contributed by atoms with van der Waals surface area (Å²) in [6.07, 6.45) is 11.1. The Hall–Kier alpha value is 0. The lowest BCUT2D eigenvalue weighted by atomic mass is 9.70. The van der Waals surface area contributed by atoms with Crippen molar-refractivity contribution in [1.82, 2.24) is 0 Å². The van der Waals surface area contributed by atoms with Crippen LogP contribution in [0.2, 0.25) is 0 Å². The highest BCUT2D eigenvalue weighted by atomic mass is 14.5. The van der Waals surface area contributed by atoms with E-state index in [1.165, 1.54) is 23.7 Å². The van der Waals surface area contributed by atoms with E-state index in [-0.39, 0.29) is 0 Å². The van der Waals surface area contributed by atoms with Gasteiger partial charge in [-0.25, -0.2) is 0 Å². The number of hydrogen-bond donors (Lipinski definition) is 0. The molecule has 3 rings (SSSR count). The minimum atomic E-state index is 1.17. The normalized spacial score (nSPS) is 54.5. The van der Waals surface area contributed by atoms with Crippen molar-refractivity contribution in [3.63, 3.8) is 0 Å². The van der Waals surface area contributed by atoms with Gasteiger partial charge in [0.25, 0.3) is 0 Å². The zero-order chi connectivity index (χ0) is 7.26. The first-order chi connectivity index (χ1) is 5.43. The lowest BCUT2D eigenvalue weighted by molar-refractivity contribution is 0.155. The van der Waals surface area contributed by atoms with E-state index in [9.17, 15) is 0 Å². The predicted molar refractivity (Wildman–Crippen MR) is 46.3 cm³/mol. The fraction of sp³-hybridized carbons (Fsp3) is 1.00. The fourth-order valence-electron chi connectivity index (χ4n) is 4.09. The Labute approximate surface area is 69.4 Å². The highest BCUT2D eigenvalue weighted by Gasteiger charge is 2.43. The first-order valence-electron chi connectivity index (χ1n) is 5.43. The molecule has 0 aromatic carbocycles. The van der Waals surface area contributed by atoms with Gasteiger partial charge < -0.3 is 0 Å². The molecule has 2 bridgehead atoms. The summed E-state index contributed by atoms with van der Waals surface area (Å²) < 4.78 is 0. The smallest absolute Gasteiger partial charge is 0.0355 e. The third kappa shape index (κ3) is 0.878. The standard InChI is InChI=1S/C11H18/c1-2-9-5-4-8-6-10(3-1)11(9)7-8/h8-11H,1-7H2. The fourth-order valence-corrected chi connectivity index (χ4v) is 4.09. The summed E-state index contributed by atoms with van der Waals surface area (Å²) in [6.45, 7) is 0. The SMILES string of the molecule is C1CC2CCC3CC(C1)C2C3. The van der Waals surface area contributed by atoms with E-state index in [0.717, 1.165) is 0 Å². The average molecular weight is 150 g/mol. The molecule has 0 heterocycles. The van der Waals surface area contributed by atoms with Gasteiger partial charge in [-0.2, -0.15) is 0 Å². The average Bonchev–Trinajstić information content (AvgIpc) is 2.42. The molecule has 0 amide bonds. The summed E-state index contributed by atoms with van der Waals surface area (Å²) in [5.74, 6) is 4.72. The molecule has 4 unspecified atom stereocenters. The summed E-state index contributed by atoms with van der Waals surface area (Å²) in [4.78, 5) is 0. The van der Waals surface area contributed by atoms with Crippen LogP contribution in [0.4, 0.5) is 0 Å². The van der Waals surface area contributed by atoms with Crippen LogP contribution in [0.5, 0.6) is 0 Å². The highest BCUT2D eigenvalue weighted by Crippen LogP contribution is 2.54. The predicted octanol–water partition coefficient (Wildman–Crippen LogP) is 3.22. The van der Waals surface area contributed by atoms with E-state index in [0.29, 0.717) is 0 Å². The number of rotatable bonds is 0. The van der Waals surface area contributed by atoms with Crippen molar-refractivity contribution >= 4 is 0 Å². The van der Waals surface area contributed by atoms with E-state index < -0.39 is 0 Å². The zero-order valence-corrected chi connectivity index (χ0v) is 7.26. The Bertz CT molecular complexity index is 153. The van der Waals surface area contributed by atoms with Gasteiger partial charge in [-0.15, -0.1) is 0 Å². The Morgan fingerprint density at radius 2 is 1.64 bits per heavy atom. The molecule has 3 saturated carbocycles. The molecular formula is C11H18. The van der Waals surface area contributed by atoms with Crippen LogP contribution in [0.25, 0.3) is 0 Å². The molecule has 0 spiro atoms. The van der Waals surface area contributed by atoms with E-state index >= 15 is 0 Å². The van der Waals surface area contributed by atoms with Crippen LogP contribution in [-0.4, -0.2) is 0 Å². The second-order valence-corrected chi connectivity index (χ2v) is 5.03. The van der Waals surface area contributed by atoms with Gasteiger partial charge in [-0.1, -0.05) is 25.7 Å². The molecule has 3 fully saturated rings. The Morgan fingerprint density at radius 3 is 2.64 bits per heavy atom. The Kier molecular flexibility index (Phi) is 1.33. The van der Waals surface area contributed by atoms with Crippen LogP contribution in [-0.2, 0) is 0 Å². The first kappa shape index (κ1) is 6.51. The number of fused-ring (bicyclic) bond motifs is 1. The van der Waals surface area contributed by atoms with Gasteiger partial charge in [0.2, 0.25) is 0 Å². The van der Waals surface area contributed by atoms with E-state index in [4.69, 9.17) is 0 Å². The van der Waals surface area contributed by atoms with Gasteiger partial charge in [0.15, 0.2) is 0 Å². The molecule has 0 radical (unpaired) electrons. The summed E-state index contributed by atoms with van der Waals surface area (Å²) >= 11 is 0. The summed E-state index contributed by atoms with van der Waals surface area (Å²) in [6, 6.07) is 0. The monoisotopic (exact) mass is 150 g/mol. The molecule has 0 aromatic heterocycles. The van der Waals surface area contributed by atoms with E-state index in [1.807, 2.05) is 0 Å². The maximum absolute atomic E-state index is 1.62. The van der Waals surface area contributed by atoms with Crippen LogP contribution < -0.4 is 0 Å². The van der Waals surface area contributed by atoms with Crippen LogP contribution in [0.1, 0.15) is 44.9 Å². The van der Waals surface area contributed by atoms with Gasteiger partial charge in [0.05, 0.1) is 0 Å². The molecule has 3 aliphatic carbocycles. The minimum Gasteiger partial charge on any atom is -0.0528 e. The van der Waals surface area contributed by atoms with Crippen molar-refractivity contribution in [3.05, 3.63) is 0 Å². The van der Waals surface area contributed by atoms with Crippen LogP contribution >= 0.6 is 0 Å². The van der Waals surface area contributed by atoms with Crippen molar-refractivity contribution in [3.8, 4) is 0 Å². The van der Waals surface area contributed by atoms with Crippen molar-refractivity contribution < 1.29 is 0 Å². The van der Waals surface area contributed by atoms with Gasteiger partial charge in [-0.05, 0) is 42.9 Å².